The van der Waals surface area contributed by atoms with Crippen molar-refractivity contribution < 1.29 is 12.8 Å². The lowest BCUT2D eigenvalue weighted by molar-refractivity contribution is 0.361. The lowest BCUT2D eigenvalue weighted by Crippen LogP contribution is -2.46. The maximum absolute atomic E-state index is 13.8. The maximum atomic E-state index is 13.8. The van der Waals surface area contributed by atoms with E-state index in [2.05, 4.69) is 15.1 Å². The topological polar surface area (TPSA) is 76.0 Å². The number of piperidine rings is 1. The summed E-state index contributed by atoms with van der Waals surface area (Å²) in [6.45, 7) is 2.81. The van der Waals surface area contributed by atoms with Gasteiger partial charge in [-0.15, -0.1) is 12.4 Å². The van der Waals surface area contributed by atoms with Gasteiger partial charge in [0.1, 0.15) is 16.4 Å². The highest BCUT2D eigenvalue weighted by molar-refractivity contribution is 7.89. The monoisotopic (exact) mass is 374 g/mol. The quantitative estimate of drug-likeness (QED) is 0.856. The molecule has 9 heteroatoms. The van der Waals surface area contributed by atoms with Crippen molar-refractivity contribution in [1.29, 1.82) is 0 Å². The van der Waals surface area contributed by atoms with Crippen LogP contribution in [-0.4, -0.2) is 36.8 Å². The highest BCUT2D eigenvalue weighted by atomic mass is 35.5. The Morgan fingerprint density at radius 3 is 2.83 bits per heavy atom. The molecular weight excluding hydrogens is 355 g/mol. The van der Waals surface area contributed by atoms with E-state index in [1.165, 1.54) is 23.1 Å². The van der Waals surface area contributed by atoms with Crippen LogP contribution in [0.4, 0.5) is 4.39 Å². The molecular formula is C15H20ClFN4O2S. The smallest absolute Gasteiger partial charge is 0.243 e. The second-order valence-corrected chi connectivity index (χ2v) is 7.48. The predicted octanol–water partition coefficient (Wildman–Crippen LogP) is 1.85. The van der Waals surface area contributed by atoms with Crippen molar-refractivity contribution in [1.82, 2.24) is 19.8 Å². The number of hydrogen-bond donors (Lipinski definition) is 2. The van der Waals surface area contributed by atoms with Gasteiger partial charge in [-0.3, -0.25) is 0 Å². The molecule has 1 aromatic carbocycles. The van der Waals surface area contributed by atoms with Gasteiger partial charge in [-0.25, -0.2) is 22.2 Å². The van der Waals surface area contributed by atoms with Gasteiger partial charge in [0, 0.05) is 12.1 Å². The van der Waals surface area contributed by atoms with Crippen molar-refractivity contribution in [3.63, 3.8) is 0 Å². The molecule has 0 aliphatic carbocycles. The number of hydrogen-bond acceptors (Lipinski definition) is 4. The summed E-state index contributed by atoms with van der Waals surface area (Å²) in [6.07, 6.45) is 4.04. The Labute approximate surface area is 146 Å². The fourth-order valence-electron chi connectivity index (χ4n) is 2.74. The van der Waals surface area contributed by atoms with E-state index in [0.717, 1.165) is 19.4 Å². The number of rotatable bonds is 4. The Morgan fingerprint density at radius 1 is 1.38 bits per heavy atom. The molecule has 0 amide bonds. The van der Waals surface area contributed by atoms with Crippen LogP contribution in [-0.2, 0) is 10.0 Å². The lowest BCUT2D eigenvalue weighted by atomic mass is 10.0. The predicted molar refractivity (Wildman–Crippen MR) is 91.6 cm³/mol. The second-order valence-electron chi connectivity index (χ2n) is 5.77. The third-order valence-corrected chi connectivity index (χ3v) is 5.39. The number of halogens is 2. The maximum Gasteiger partial charge on any atom is 0.243 e. The molecule has 132 valence electrons. The normalized spacial score (nSPS) is 21.2. The first-order valence-corrected chi connectivity index (χ1v) is 8.99. The van der Waals surface area contributed by atoms with Gasteiger partial charge >= 0.3 is 0 Å². The summed E-state index contributed by atoms with van der Waals surface area (Å²) in [7, 11) is -3.67. The van der Waals surface area contributed by atoms with Gasteiger partial charge in [-0.2, -0.15) is 5.10 Å². The van der Waals surface area contributed by atoms with E-state index in [1.54, 1.807) is 18.2 Å². The van der Waals surface area contributed by atoms with E-state index in [9.17, 15) is 12.8 Å². The van der Waals surface area contributed by atoms with E-state index >= 15 is 0 Å². The molecule has 1 aromatic heterocycles. The van der Waals surface area contributed by atoms with Crippen LogP contribution in [0, 0.1) is 5.82 Å². The van der Waals surface area contributed by atoms with Crippen LogP contribution in [0.15, 0.2) is 41.6 Å². The summed E-state index contributed by atoms with van der Waals surface area (Å²) in [5, 5.41) is 7.24. The Balaban J connectivity index is 0.00000208. The number of aromatic nitrogens is 2. The highest BCUT2D eigenvalue weighted by Gasteiger charge is 2.25. The van der Waals surface area contributed by atoms with E-state index in [1.807, 2.05) is 6.92 Å². The molecule has 1 saturated heterocycles. The molecule has 0 saturated carbocycles. The third kappa shape index (κ3) is 4.13. The Bertz CT molecular complexity index is 796. The van der Waals surface area contributed by atoms with Crippen molar-refractivity contribution in [2.24, 2.45) is 0 Å². The van der Waals surface area contributed by atoms with Gasteiger partial charge in [0.15, 0.2) is 0 Å². The zero-order valence-corrected chi connectivity index (χ0v) is 14.8. The number of nitrogens with one attached hydrogen (secondary N) is 2. The van der Waals surface area contributed by atoms with E-state index in [0.29, 0.717) is 0 Å². The molecule has 2 unspecified atom stereocenters. The first-order valence-electron chi connectivity index (χ1n) is 7.51. The molecule has 24 heavy (non-hydrogen) atoms. The summed E-state index contributed by atoms with van der Waals surface area (Å²) < 4.78 is 42.6. The van der Waals surface area contributed by atoms with Crippen LogP contribution in [0.3, 0.4) is 0 Å². The fraction of sp³-hybridized carbons (Fsp3) is 0.400. The molecule has 0 bridgehead atoms. The van der Waals surface area contributed by atoms with E-state index < -0.39 is 15.8 Å². The van der Waals surface area contributed by atoms with Crippen LogP contribution in [0.2, 0.25) is 0 Å². The molecule has 0 spiro atoms. The molecule has 1 aliphatic rings. The molecule has 1 fully saturated rings. The van der Waals surface area contributed by atoms with Gasteiger partial charge < -0.3 is 5.32 Å². The average molecular weight is 375 g/mol. The molecule has 6 nitrogen and oxygen atoms in total. The minimum absolute atomic E-state index is 0. The fourth-order valence-corrected chi connectivity index (χ4v) is 3.95. The first kappa shape index (κ1) is 18.9. The third-order valence-electron chi connectivity index (χ3n) is 3.91. The van der Waals surface area contributed by atoms with E-state index in [-0.39, 0.29) is 35.1 Å². The Morgan fingerprint density at radius 2 is 2.12 bits per heavy atom. The van der Waals surface area contributed by atoms with Crippen LogP contribution in [0.5, 0.6) is 0 Å². The van der Waals surface area contributed by atoms with Crippen molar-refractivity contribution in [3.8, 4) is 5.69 Å². The van der Waals surface area contributed by atoms with Crippen LogP contribution < -0.4 is 10.0 Å². The summed E-state index contributed by atoms with van der Waals surface area (Å²) in [5.41, 5.74) is 0.212. The molecule has 2 N–H and O–H groups in total. The molecule has 2 heterocycles. The van der Waals surface area contributed by atoms with Gasteiger partial charge in [-0.1, -0.05) is 12.1 Å². The SMILES string of the molecule is CC1CC(NS(=O)(=O)c2cnn(-c3ccccc3F)c2)CCN1.Cl. The van der Waals surface area contributed by atoms with Crippen LogP contribution in [0.25, 0.3) is 5.69 Å². The van der Waals surface area contributed by atoms with Gasteiger partial charge in [-0.05, 0) is 38.4 Å². The zero-order valence-electron chi connectivity index (χ0n) is 13.1. The second kappa shape index (κ2) is 7.60. The number of nitrogens with zero attached hydrogens (tertiary/aromatic N) is 2. The summed E-state index contributed by atoms with van der Waals surface area (Å²) in [4.78, 5) is 0.0342. The average Bonchev–Trinajstić information content (AvgIpc) is 2.98. The van der Waals surface area contributed by atoms with Crippen LogP contribution in [0.1, 0.15) is 19.8 Å². The van der Waals surface area contributed by atoms with Gasteiger partial charge in [0.05, 0.1) is 12.4 Å². The van der Waals surface area contributed by atoms with Crippen molar-refractivity contribution >= 4 is 22.4 Å². The Hall–Kier alpha value is -1.48. The van der Waals surface area contributed by atoms with Crippen molar-refractivity contribution in [2.75, 3.05) is 6.54 Å². The number of para-hydroxylation sites is 1. The minimum Gasteiger partial charge on any atom is -0.314 e. The van der Waals surface area contributed by atoms with Crippen LogP contribution >= 0.6 is 12.4 Å². The number of sulfonamides is 1. The molecule has 3 rings (SSSR count). The molecule has 1 aliphatic heterocycles. The molecule has 2 atom stereocenters. The van der Waals surface area contributed by atoms with Crippen molar-refractivity contribution in [3.05, 3.63) is 42.5 Å². The lowest BCUT2D eigenvalue weighted by Gasteiger charge is -2.28. The highest BCUT2D eigenvalue weighted by Crippen LogP contribution is 2.17. The van der Waals surface area contributed by atoms with Gasteiger partial charge in [0.25, 0.3) is 0 Å². The number of benzene rings is 1. The summed E-state index contributed by atoms with van der Waals surface area (Å²) in [5.74, 6) is -0.459. The van der Waals surface area contributed by atoms with E-state index in [4.69, 9.17) is 0 Å². The summed E-state index contributed by atoms with van der Waals surface area (Å²) in [6, 6.07) is 6.26. The standard InChI is InChI=1S/C15H19FN4O2S.ClH/c1-11-8-12(6-7-17-11)19-23(21,22)13-9-18-20(10-13)15-5-3-2-4-14(15)16;/h2-5,9-12,17,19H,6-8H2,1H3;1H. The summed E-state index contributed by atoms with van der Waals surface area (Å²) >= 11 is 0. The first-order chi connectivity index (χ1) is 11.0. The largest absolute Gasteiger partial charge is 0.314 e. The Kier molecular flexibility index (Phi) is 5.97. The minimum atomic E-state index is -3.67. The zero-order chi connectivity index (χ0) is 16.4. The van der Waals surface area contributed by atoms with Crippen molar-refractivity contribution in [2.45, 2.75) is 36.7 Å². The molecule has 0 radical (unpaired) electrons. The molecule has 2 aromatic rings. The van der Waals surface area contributed by atoms with Gasteiger partial charge in [0.2, 0.25) is 10.0 Å².